The molecular weight excluding hydrogens is 210 g/mol. The van der Waals surface area contributed by atoms with Crippen LogP contribution < -0.4 is 0 Å². The Bertz CT molecular complexity index is 390. The van der Waals surface area contributed by atoms with Crippen molar-refractivity contribution in [2.45, 2.75) is 12.6 Å². The Hall–Kier alpha value is -1.38. The summed E-state index contributed by atoms with van der Waals surface area (Å²) >= 11 is 0. The van der Waals surface area contributed by atoms with Crippen LogP contribution in [-0.4, -0.2) is 24.6 Å². The van der Waals surface area contributed by atoms with Gasteiger partial charge in [0.15, 0.2) is 0 Å². The highest BCUT2D eigenvalue weighted by molar-refractivity contribution is 5.30. The van der Waals surface area contributed by atoms with E-state index in [2.05, 4.69) is 42.3 Å². The number of nitrogens with zero attached hydrogens (tertiary/aromatic N) is 1. The maximum absolute atomic E-state index is 5.90. The van der Waals surface area contributed by atoms with Gasteiger partial charge in [0.05, 0.1) is 6.61 Å². The van der Waals surface area contributed by atoms with E-state index in [9.17, 15) is 0 Å². The number of fused-ring (bicyclic) bond motifs is 1. The molecule has 1 aromatic rings. The van der Waals surface area contributed by atoms with Gasteiger partial charge in [0.2, 0.25) is 0 Å². The Kier molecular flexibility index (Phi) is 4.13. The van der Waals surface area contributed by atoms with Gasteiger partial charge in [-0.05, 0) is 17.5 Å². The van der Waals surface area contributed by atoms with E-state index in [1.54, 1.807) is 0 Å². The quantitative estimate of drug-likeness (QED) is 0.720. The van der Waals surface area contributed by atoms with Gasteiger partial charge in [-0.2, -0.15) is 0 Å². The van der Waals surface area contributed by atoms with Crippen LogP contribution in [0.2, 0.25) is 0 Å². The molecule has 0 amide bonds. The van der Waals surface area contributed by atoms with Gasteiger partial charge in [0.1, 0.15) is 6.23 Å². The van der Waals surface area contributed by atoms with Crippen LogP contribution in [0.25, 0.3) is 0 Å². The normalized spacial score (nSPS) is 18.8. The first-order chi connectivity index (χ1) is 8.36. The summed E-state index contributed by atoms with van der Waals surface area (Å²) in [6, 6.07) is 8.50. The zero-order valence-corrected chi connectivity index (χ0v) is 10.1. The van der Waals surface area contributed by atoms with Crippen LogP contribution in [0.4, 0.5) is 0 Å². The molecular formula is C15H19NO. The molecule has 17 heavy (non-hydrogen) atoms. The highest BCUT2D eigenvalue weighted by atomic mass is 16.5. The average Bonchev–Trinajstić information content (AvgIpc) is 2.38. The highest BCUT2D eigenvalue weighted by Crippen LogP contribution is 2.29. The Morgan fingerprint density at radius 2 is 1.94 bits per heavy atom. The summed E-state index contributed by atoms with van der Waals surface area (Å²) in [7, 11) is 0. The van der Waals surface area contributed by atoms with E-state index in [1.165, 1.54) is 11.1 Å². The lowest BCUT2D eigenvalue weighted by molar-refractivity contribution is -0.0605. The van der Waals surface area contributed by atoms with Crippen molar-refractivity contribution in [2.75, 3.05) is 19.7 Å². The van der Waals surface area contributed by atoms with Crippen molar-refractivity contribution in [3.63, 3.8) is 0 Å². The van der Waals surface area contributed by atoms with Crippen molar-refractivity contribution in [1.82, 2.24) is 4.90 Å². The lowest BCUT2D eigenvalue weighted by atomic mass is 10.0. The first-order valence-electron chi connectivity index (χ1n) is 6.02. The molecule has 1 unspecified atom stereocenters. The van der Waals surface area contributed by atoms with E-state index in [1.807, 2.05) is 12.2 Å². The maximum Gasteiger partial charge on any atom is 0.137 e. The molecule has 1 aromatic carbocycles. The predicted molar refractivity (Wildman–Crippen MR) is 70.8 cm³/mol. The van der Waals surface area contributed by atoms with Gasteiger partial charge in [-0.15, -0.1) is 13.2 Å². The minimum atomic E-state index is 0.0379. The number of rotatable bonds is 5. The predicted octanol–water partition coefficient (Wildman–Crippen LogP) is 2.93. The first kappa shape index (κ1) is 12.1. The molecule has 90 valence electrons. The van der Waals surface area contributed by atoms with Crippen molar-refractivity contribution in [3.8, 4) is 0 Å². The molecule has 1 heterocycles. The summed E-state index contributed by atoms with van der Waals surface area (Å²) in [6.45, 7) is 10.0. The van der Waals surface area contributed by atoms with E-state index < -0.39 is 0 Å². The summed E-state index contributed by atoms with van der Waals surface area (Å²) in [5.41, 5.74) is 2.67. The Labute approximate surface area is 103 Å². The Balaban J connectivity index is 2.26. The van der Waals surface area contributed by atoms with E-state index in [0.29, 0.717) is 0 Å². The van der Waals surface area contributed by atoms with Gasteiger partial charge in [-0.25, -0.2) is 0 Å². The molecule has 0 radical (unpaired) electrons. The van der Waals surface area contributed by atoms with E-state index >= 15 is 0 Å². The molecule has 2 nitrogen and oxygen atoms in total. The van der Waals surface area contributed by atoms with Gasteiger partial charge in [0.25, 0.3) is 0 Å². The molecule has 0 bridgehead atoms. The number of benzene rings is 1. The standard InChI is InChI=1S/C15H19NO/c1-3-10-16(11-4-2)15-14-8-6-5-7-13(14)9-12-17-15/h3-8,15H,1-2,9-12H2. The molecule has 0 spiro atoms. The van der Waals surface area contributed by atoms with E-state index in [4.69, 9.17) is 4.74 Å². The lowest BCUT2D eigenvalue weighted by Crippen LogP contribution is -2.34. The Morgan fingerprint density at radius 3 is 2.65 bits per heavy atom. The van der Waals surface area contributed by atoms with E-state index in [-0.39, 0.29) is 6.23 Å². The fraction of sp³-hybridized carbons (Fsp3) is 0.333. The molecule has 1 atom stereocenters. The third-order valence-corrected chi connectivity index (χ3v) is 3.03. The van der Waals surface area contributed by atoms with Crippen LogP contribution in [0.15, 0.2) is 49.6 Å². The van der Waals surface area contributed by atoms with Crippen LogP contribution in [-0.2, 0) is 11.2 Å². The summed E-state index contributed by atoms with van der Waals surface area (Å²) < 4.78 is 5.90. The summed E-state index contributed by atoms with van der Waals surface area (Å²) in [5.74, 6) is 0. The SMILES string of the molecule is C=CCN(CC=C)C1OCCc2ccccc21. The van der Waals surface area contributed by atoms with Gasteiger partial charge >= 0.3 is 0 Å². The van der Waals surface area contributed by atoms with Crippen molar-refractivity contribution in [1.29, 1.82) is 0 Å². The van der Waals surface area contributed by atoms with Gasteiger partial charge < -0.3 is 4.74 Å². The van der Waals surface area contributed by atoms with Gasteiger partial charge in [-0.1, -0.05) is 36.4 Å². The molecule has 0 saturated heterocycles. The average molecular weight is 229 g/mol. The first-order valence-corrected chi connectivity index (χ1v) is 6.02. The van der Waals surface area contributed by atoms with Crippen molar-refractivity contribution in [3.05, 3.63) is 60.7 Å². The van der Waals surface area contributed by atoms with Crippen molar-refractivity contribution >= 4 is 0 Å². The van der Waals surface area contributed by atoms with Crippen LogP contribution in [0, 0.1) is 0 Å². The van der Waals surface area contributed by atoms with Crippen LogP contribution in [0.3, 0.4) is 0 Å². The van der Waals surface area contributed by atoms with Crippen LogP contribution >= 0.6 is 0 Å². The van der Waals surface area contributed by atoms with Gasteiger partial charge in [0, 0.05) is 13.1 Å². The zero-order valence-electron chi connectivity index (χ0n) is 10.1. The third kappa shape index (κ3) is 2.65. The number of hydrogen-bond acceptors (Lipinski definition) is 2. The molecule has 2 rings (SSSR count). The molecule has 0 saturated carbocycles. The zero-order chi connectivity index (χ0) is 12.1. The van der Waals surface area contributed by atoms with Crippen LogP contribution in [0.1, 0.15) is 17.4 Å². The number of ether oxygens (including phenoxy) is 1. The molecule has 0 aliphatic carbocycles. The second-order valence-corrected chi connectivity index (χ2v) is 4.20. The summed E-state index contributed by atoms with van der Waals surface area (Å²) in [6.07, 6.45) is 4.85. The molecule has 2 heteroatoms. The van der Waals surface area contributed by atoms with Gasteiger partial charge in [-0.3, -0.25) is 4.90 Å². The second kappa shape index (κ2) is 5.80. The summed E-state index contributed by atoms with van der Waals surface area (Å²) in [5, 5.41) is 0. The largest absolute Gasteiger partial charge is 0.358 e. The minimum absolute atomic E-state index is 0.0379. The summed E-state index contributed by atoms with van der Waals surface area (Å²) in [4.78, 5) is 2.23. The van der Waals surface area contributed by atoms with Crippen LogP contribution in [0.5, 0.6) is 0 Å². The molecule has 0 fully saturated rings. The van der Waals surface area contributed by atoms with E-state index in [0.717, 1.165) is 26.1 Å². The second-order valence-electron chi connectivity index (χ2n) is 4.20. The smallest absolute Gasteiger partial charge is 0.137 e. The molecule has 1 aliphatic rings. The Morgan fingerprint density at radius 1 is 1.24 bits per heavy atom. The fourth-order valence-corrected chi connectivity index (χ4v) is 2.27. The third-order valence-electron chi connectivity index (χ3n) is 3.03. The van der Waals surface area contributed by atoms with Crippen molar-refractivity contribution in [2.24, 2.45) is 0 Å². The minimum Gasteiger partial charge on any atom is -0.358 e. The monoisotopic (exact) mass is 229 g/mol. The molecule has 1 aliphatic heterocycles. The highest BCUT2D eigenvalue weighted by Gasteiger charge is 2.24. The number of hydrogen-bond donors (Lipinski definition) is 0. The lowest BCUT2D eigenvalue weighted by Gasteiger charge is -2.34. The molecule has 0 N–H and O–H groups in total. The molecule has 0 aromatic heterocycles. The fourth-order valence-electron chi connectivity index (χ4n) is 2.27. The maximum atomic E-state index is 5.90. The van der Waals surface area contributed by atoms with Crippen molar-refractivity contribution < 1.29 is 4.74 Å². The topological polar surface area (TPSA) is 12.5 Å².